The number of aromatic amines is 2. The number of H-pyrrole nitrogens is 2. The van der Waals surface area contributed by atoms with Crippen LogP contribution in [0.3, 0.4) is 0 Å². The van der Waals surface area contributed by atoms with Gasteiger partial charge in [0.2, 0.25) is 0 Å². The first-order valence-corrected chi connectivity index (χ1v) is 11.6. The van der Waals surface area contributed by atoms with E-state index in [2.05, 4.69) is 36.0 Å². The first-order chi connectivity index (χ1) is 14.7. The Morgan fingerprint density at radius 2 is 1.71 bits per heavy atom. The lowest BCUT2D eigenvalue weighted by molar-refractivity contribution is 0.414. The van der Waals surface area contributed by atoms with Crippen LogP contribution >= 0.6 is 12.4 Å². The molecule has 2 aromatic rings. The van der Waals surface area contributed by atoms with Gasteiger partial charge in [0.15, 0.2) is 0 Å². The normalized spacial score (nSPS) is 14.5. The van der Waals surface area contributed by atoms with Gasteiger partial charge in [-0.3, -0.25) is 4.99 Å². The lowest BCUT2D eigenvalue weighted by Crippen LogP contribution is -1.93. The van der Waals surface area contributed by atoms with Crippen LogP contribution in [0.4, 0.5) is 0 Å². The number of nitrogens with zero attached hydrogens (tertiary/aromatic N) is 1. The zero-order chi connectivity index (χ0) is 21.2. The molecule has 2 N–H and O–H groups in total. The van der Waals surface area contributed by atoms with Crippen LogP contribution in [-0.2, 0) is 0 Å². The summed E-state index contributed by atoms with van der Waals surface area (Å²) in [7, 11) is 1.71. The van der Waals surface area contributed by atoms with E-state index < -0.39 is 0 Å². The molecule has 4 nitrogen and oxygen atoms in total. The van der Waals surface area contributed by atoms with Crippen molar-refractivity contribution < 1.29 is 4.74 Å². The monoisotopic (exact) mass is 443 g/mol. The van der Waals surface area contributed by atoms with Crippen LogP contribution in [0.5, 0.6) is 5.75 Å². The Morgan fingerprint density at radius 3 is 2.35 bits per heavy atom. The van der Waals surface area contributed by atoms with E-state index in [1.165, 1.54) is 63.4 Å². The average molecular weight is 444 g/mol. The highest BCUT2D eigenvalue weighted by atomic mass is 35.5. The van der Waals surface area contributed by atoms with Crippen molar-refractivity contribution in [3.63, 3.8) is 0 Å². The van der Waals surface area contributed by atoms with Crippen LogP contribution in [0.15, 0.2) is 46.7 Å². The van der Waals surface area contributed by atoms with Gasteiger partial charge in [-0.25, -0.2) is 0 Å². The zero-order valence-electron chi connectivity index (χ0n) is 19.3. The lowest BCUT2D eigenvalue weighted by atomic mass is 10.0. The van der Waals surface area contributed by atoms with E-state index in [9.17, 15) is 0 Å². The molecule has 1 aliphatic rings. The Balaban J connectivity index is 0.00000341. The standard InChI is InChI=1S/C26H37N3O.ClH/c1-4-5-6-7-8-9-10-11-12-14-21-17-22(28-20(21)2)18-25-26(30-3)19-24(29-25)23-15-13-16-27-23;/h13,15-19,27,29H,4-12,14H2,1-3H3;1H. The minimum Gasteiger partial charge on any atom is -0.494 e. The van der Waals surface area contributed by atoms with Gasteiger partial charge >= 0.3 is 0 Å². The molecule has 0 spiro atoms. The molecule has 0 atom stereocenters. The summed E-state index contributed by atoms with van der Waals surface area (Å²) in [4.78, 5) is 11.4. The maximum atomic E-state index is 5.56. The molecular formula is C26H38ClN3O. The van der Waals surface area contributed by atoms with Gasteiger partial charge < -0.3 is 14.7 Å². The van der Waals surface area contributed by atoms with Crippen molar-refractivity contribution in [3.8, 4) is 17.1 Å². The molecular weight excluding hydrogens is 406 g/mol. The van der Waals surface area contributed by atoms with Crippen molar-refractivity contribution in [1.29, 1.82) is 0 Å². The lowest BCUT2D eigenvalue weighted by Gasteiger charge is -2.03. The number of hydrogen-bond donors (Lipinski definition) is 2. The Hall–Kier alpha value is -2.20. The molecule has 1 aliphatic heterocycles. The van der Waals surface area contributed by atoms with E-state index >= 15 is 0 Å². The number of nitrogens with one attached hydrogen (secondary N) is 2. The topological polar surface area (TPSA) is 53.2 Å². The average Bonchev–Trinajstić information content (AvgIpc) is 3.47. The third kappa shape index (κ3) is 7.46. The van der Waals surface area contributed by atoms with Crippen LogP contribution in [0.1, 0.15) is 83.7 Å². The Labute approximate surface area is 193 Å². The summed E-state index contributed by atoms with van der Waals surface area (Å²) in [6, 6.07) is 6.06. The molecule has 0 saturated carbocycles. The third-order valence-corrected chi connectivity index (χ3v) is 5.84. The minimum atomic E-state index is 0. The second-order valence-electron chi connectivity index (χ2n) is 8.26. The van der Waals surface area contributed by atoms with Crippen molar-refractivity contribution in [1.82, 2.24) is 9.97 Å². The fraction of sp³-hybridized carbons (Fsp3) is 0.500. The molecule has 0 radical (unpaired) electrons. The largest absolute Gasteiger partial charge is 0.494 e. The predicted octanol–water partition coefficient (Wildman–Crippen LogP) is 8.10. The molecule has 0 bridgehead atoms. The number of methoxy groups -OCH3 is 1. The Morgan fingerprint density at radius 1 is 1.00 bits per heavy atom. The van der Waals surface area contributed by atoms with Crippen LogP contribution < -0.4 is 4.74 Å². The summed E-state index contributed by atoms with van der Waals surface area (Å²) in [5, 5.41) is 0. The fourth-order valence-corrected chi connectivity index (χ4v) is 4.05. The molecule has 3 heterocycles. The van der Waals surface area contributed by atoms with Gasteiger partial charge in [0, 0.05) is 18.0 Å². The summed E-state index contributed by atoms with van der Waals surface area (Å²) in [5.74, 6) is 0.834. The van der Waals surface area contributed by atoms with E-state index in [1.807, 2.05) is 24.4 Å². The second kappa shape index (κ2) is 13.3. The highest BCUT2D eigenvalue weighted by Crippen LogP contribution is 2.30. The summed E-state index contributed by atoms with van der Waals surface area (Å²) >= 11 is 0. The van der Waals surface area contributed by atoms with E-state index in [4.69, 9.17) is 9.73 Å². The van der Waals surface area contributed by atoms with E-state index in [1.54, 1.807) is 7.11 Å². The van der Waals surface area contributed by atoms with Crippen LogP contribution in [-0.4, -0.2) is 22.8 Å². The van der Waals surface area contributed by atoms with Gasteiger partial charge in [-0.05, 0) is 49.6 Å². The van der Waals surface area contributed by atoms with Crippen molar-refractivity contribution in [3.05, 3.63) is 47.4 Å². The van der Waals surface area contributed by atoms with Crippen LogP contribution in [0.2, 0.25) is 0 Å². The highest BCUT2D eigenvalue weighted by molar-refractivity contribution is 6.02. The number of aromatic nitrogens is 2. The Kier molecular flexibility index (Phi) is 10.7. The van der Waals surface area contributed by atoms with Crippen LogP contribution in [0, 0.1) is 0 Å². The molecule has 3 rings (SSSR count). The molecule has 31 heavy (non-hydrogen) atoms. The van der Waals surface area contributed by atoms with Gasteiger partial charge in [0.05, 0.1) is 29.9 Å². The smallest absolute Gasteiger partial charge is 0.144 e. The fourth-order valence-electron chi connectivity index (χ4n) is 4.05. The number of ether oxygens (including phenoxy) is 1. The number of halogens is 1. The molecule has 0 unspecified atom stereocenters. The van der Waals surface area contributed by atoms with Gasteiger partial charge in [-0.15, -0.1) is 12.4 Å². The van der Waals surface area contributed by atoms with Crippen LogP contribution in [0.25, 0.3) is 17.5 Å². The quantitative estimate of drug-likeness (QED) is 0.302. The molecule has 0 aromatic carbocycles. The molecule has 5 heteroatoms. The SMILES string of the molecule is CCCCCCCCCCCC1=CC(=Cc2[nH]c(-c3ccc[nH]3)cc2OC)N=C1C.Cl. The van der Waals surface area contributed by atoms with Crippen molar-refractivity contribution >= 4 is 24.2 Å². The van der Waals surface area contributed by atoms with E-state index in [0.29, 0.717) is 0 Å². The maximum absolute atomic E-state index is 5.56. The van der Waals surface area contributed by atoms with Crippen molar-refractivity contribution in [2.45, 2.75) is 78.1 Å². The van der Waals surface area contributed by atoms with Crippen molar-refractivity contribution in [2.75, 3.05) is 7.11 Å². The van der Waals surface area contributed by atoms with Gasteiger partial charge in [-0.2, -0.15) is 0 Å². The molecule has 0 amide bonds. The molecule has 2 aromatic heterocycles. The summed E-state index contributed by atoms with van der Waals surface area (Å²) in [6.45, 7) is 4.40. The van der Waals surface area contributed by atoms with Crippen molar-refractivity contribution in [2.24, 2.45) is 4.99 Å². The second-order valence-corrected chi connectivity index (χ2v) is 8.26. The summed E-state index contributed by atoms with van der Waals surface area (Å²) in [6.07, 6.45) is 19.6. The third-order valence-electron chi connectivity index (χ3n) is 5.84. The molecule has 170 valence electrons. The predicted molar refractivity (Wildman–Crippen MR) is 135 cm³/mol. The first-order valence-electron chi connectivity index (χ1n) is 11.6. The minimum absolute atomic E-state index is 0. The van der Waals surface area contributed by atoms with E-state index in [0.717, 1.165) is 40.7 Å². The number of rotatable bonds is 13. The van der Waals surface area contributed by atoms with Gasteiger partial charge in [0.1, 0.15) is 5.75 Å². The zero-order valence-corrected chi connectivity index (χ0v) is 20.1. The number of allylic oxidation sites excluding steroid dienone is 2. The first kappa shape index (κ1) is 25.1. The highest BCUT2D eigenvalue weighted by Gasteiger charge is 2.14. The van der Waals surface area contributed by atoms with Gasteiger partial charge in [-0.1, -0.05) is 58.3 Å². The molecule has 0 aliphatic carbocycles. The maximum Gasteiger partial charge on any atom is 0.144 e. The number of aliphatic imine (C=N–C) groups is 1. The van der Waals surface area contributed by atoms with Gasteiger partial charge in [0.25, 0.3) is 0 Å². The summed E-state index contributed by atoms with van der Waals surface area (Å²) in [5.41, 5.74) is 6.54. The Bertz CT molecular complexity index is 875. The number of hydrogen-bond acceptors (Lipinski definition) is 2. The summed E-state index contributed by atoms with van der Waals surface area (Å²) < 4.78 is 5.56. The number of unbranched alkanes of at least 4 members (excludes halogenated alkanes) is 8. The molecule has 0 saturated heterocycles. The molecule has 0 fully saturated rings. The van der Waals surface area contributed by atoms with E-state index in [-0.39, 0.29) is 12.4 Å².